The summed E-state index contributed by atoms with van der Waals surface area (Å²) in [4.78, 5) is 24.1. The van der Waals surface area contributed by atoms with Crippen molar-refractivity contribution >= 4 is 11.8 Å². The first-order valence-corrected chi connectivity index (χ1v) is 13.4. The van der Waals surface area contributed by atoms with Gasteiger partial charge in [0.2, 0.25) is 5.91 Å². The van der Waals surface area contributed by atoms with Gasteiger partial charge in [-0.3, -0.25) is 9.59 Å². The highest BCUT2D eigenvalue weighted by Gasteiger charge is 2.29. The van der Waals surface area contributed by atoms with Crippen molar-refractivity contribution < 1.29 is 9.59 Å². The standard InChI is InChI=1S/C27H53N3O2/c1-4-6-8-9-10-11-12-13-14-15-16-17-18-19-20-22-24-29-26(32)27(3,28)30-25(31)23-21-7-5-2/h5H,2,4,6-24,28H2,1,3H3,(H,29,32)(H,30,31)/t27-/m1/s1. The molecule has 0 fully saturated rings. The SMILES string of the molecule is C=CCCCC(=O)N[C@@](C)(N)C(=O)NCCCCCCCCCCCCCCCCCC. The van der Waals surface area contributed by atoms with E-state index in [1.54, 1.807) is 13.0 Å². The van der Waals surface area contributed by atoms with Crippen LogP contribution in [0.3, 0.4) is 0 Å². The Morgan fingerprint density at radius 3 is 1.66 bits per heavy atom. The van der Waals surface area contributed by atoms with Gasteiger partial charge in [0.25, 0.3) is 5.91 Å². The molecule has 5 heteroatoms. The maximum absolute atomic E-state index is 12.2. The van der Waals surface area contributed by atoms with Crippen LogP contribution >= 0.6 is 0 Å². The molecule has 0 spiro atoms. The fourth-order valence-electron chi connectivity index (χ4n) is 3.87. The fourth-order valence-corrected chi connectivity index (χ4v) is 3.87. The minimum atomic E-state index is -1.36. The van der Waals surface area contributed by atoms with E-state index in [2.05, 4.69) is 24.1 Å². The quantitative estimate of drug-likeness (QED) is 0.0940. The normalized spacial score (nSPS) is 12.8. The number of hydrogen-bond donors (Lipinski definition) is 3. The minimum Gasteiger partial charge on any atom is -0.353 e. The molecule has 0 rings (SSSR count). The summed E-state index contributed by atoms with van der Waals surface area (Å²) in [5.74, 6) is -0.523. The second-order valence-electron chi connectivity index (χ2n) is 9.49. The molecule has 0 saturated carbocycles. The Labute approximate surface area is 198 Å². The summed E-state index contributed by atoms with van der Waals surface area (Å²) in [6, 6.07) is 0. The Hall–Kier alpha value is -1.36. The van der Waals surface area contributed by atoms with Crippen molar-refractivity contribution in [2.24, 2.45) is 5.73 Å². The number of nitrogens with two attached hydrogens (primary N) is 1. The number of carbonyl (C=O) groups excluding carboxylic acids is 2. The van der Waals surface area contributed by atoms with Crippen molar-refractivity contribution in [1.29, 1.82) is 0 Å². The zero-order valence-electron chi connectivity index (χ0n) is 21.3. The Kier molecular flexibility index (Phi) is 20.6. The van der Waals surface area contributed by atoms with Gasteiger partial charge >= 0.3 is 0 Å². The third kappa shape index (κ3) is 19.3. The topological polar surface area (TPSA) is 84.2 Å². The number of unbranched alkanes of at least 4 members (excludes halogenated alkanes) is 16. The molecule has 2 amide bonds. The van der Waals surface area contributed by atoms with E-state index in [0.29, 0.717) is 19.4 Å². The molecule has 0 aliphatic heterocycles. The molecule has 5 nitrogen and oxygen atoms in total. The van der Waals surface area contributed by atoms with E-state index in [1.807, 2.05) is 0 Å². The highest BCUT2D eigenvalue weighted by Crippen LogP contribution is 2.13. The molecule has 0 saturated heterocycles. The molecule has 32 heavy (non-hydrogen) atoms. The number of rotatable bonds is 23. The lowest BCUT2D eigenvalue weighted by Crippen LogP contribution is -2.63. The zero-order valence-corrected chi connectivity index (χ0v) is 21.3. The summed E-state index contributed by atoms with van der Waals surface area (Å²) in [5.41, 5.74) is 4.61. The number of allylic oxidation sites excluding steroid dienone is 1. The van der Waals surface area contributed by atoms with Crippen molar-refractivity contribution in [3.63, 3.8) is 0 Å². The fraction of sp³-hybridized carbons (Fsp3) is 0.852. The van der Waals surface area contributed by atoms with Gasteiger partial charge in [0.1, 0.15) is 0 Å². The molecule has 0 aromatic carbocycles. The highest BCUT2D eigenvalue weighted by atomic mass is 16.2. The van der Waals surface area contributed by atoms with E-state index in [4.69, 9.17) is 5.73 Å². The summed E-state index contributed by atoms with van der Waals surface area (Å²) >= 11 is 0. The Bertz CT molecular complexity index is 478. The number of carbonyl (C=O) groups is 2. The molecule has 1 atom stereocenters. The first-order chi connectivity index (χ1) is 15.4. The van der Waals surface area contributed by atoms with E-state index in [0.717, 1.165) is 19.3 Å². The van der Waals surface area contributed by atoms with Crippen molar-refractivity contribution in [2.75, 3.05) is 6.54 Å². The van der Waals surface area contributed by atoms with Crippen LogP contribution in [-0.2, 0) is 9.59 Å². The van der Waals surface area contributed by atoms with Gasteiger partial charge in [-0.25, -0.2) is 0 Å². The third-order valence-electron chi connectivity index (χ3n) is 6.00. The largest absolute Gasteiger partial charge is 0.353 e. The van der Waals surface area contributed by atoms with Gasteiger partial charge in [0.05, 0.1) is 0 Å². The van der Waals surface area contributed by atoms with E-state index in [1.165, 1.54) is 89.9 Å². The lowest BCUT2D eigenvalue weighted by atomic mass is 10.0. The van der Waals surface area contributed by atoms with Crippen LogP contribution in [0.4, 0.5) is 0 Å². The molecule has 0 unspecified atom stereocenters. The summed E-state index contributed by atoms with van der Waals surface area (Å²) in [5, 5.41) is 5.46. The molecule has 0 radical (unpaired) electrons. The molecule has 0 bridgehead atoms. The predicted molar refractivity (Wildman–Crippen MR) is 137 cm³/mol. The number of amides is 2. The minimum absolute atomic E-state index is 0.200. The molecule has 188 valence electrons. The predicted octanol–water partition coefficient (Wildman–Crippen LogP) is 6.51. The molecular weight excluding hydrogens is 398 g/mol. The van der Waals surface area contributed by atoms with Crippen molar-refractivity contribution in [3.8, 4) is 0 Å². The lowest BCUT2D eigenvalue weighted by Gasteiger charge is -2.25. The second-order valence-corrected chi connectivity index (χ2v) is 9.49. The van der Waals surface area contributed by atoms with Crippen LogP contribution in [0.1, 0.15) is 136 Å². The average molecular weight is 452 g/mol. The van der Waals surface area contributed by atoms with Gasteiger partial charge in [0.15, 0.2) is 5.66 Å². The smallest absolute Gasteiger partial charge is 0.260 e. The molecule has 0 heterocycles. The Morgan fingerprint density at radius 1 is 0.781 bits per heavy atom. The monoisotopic (exact) mass is 451 g/mol. The first-order valence-electron chi connectivity index (χ1n) is 13.4. The van der Waals surface area contributed by atoms with Gasteiger partial charge in [-0.05, 0) is 26.2 Å². The van der Waals surface area contributed by atoms with Crippen LogP contribution in [0.25, 0.3) is 0 Å². The molecule has 0 aromatic heterocycles. The van der Waals surface area contributed by atoms with E-state index >= 15 is 0 Å². The van der Waals surface area contributed by atoms with E-state index < -0.39 is 5.66 Å². The summed E-state index contributed by atoms with van der Waals surface area (Å²) in [7, 11) is 0. The third-order valence-corrected chi connectivity index (χ3v) is 6.00. The maximum Gasteiger partial charge on any atom is 0.260 e. The molecule has 0 aromatic rings. The highest BCUT2D eigenvalue weighted by molar-refractivity contribution is 5.90. The van der Waals surface area contributed by atoms with Gasteiger partial charge in [-0.1, -0.05) is 109 Å². The van der Waals surface area contributed by atoms with Crippen LogP contribution in [-0.4, -0.2) is 24.0 Å². The van der Waals surface area contributed by atoms with Crippen LogP contribution in [0.5, 0.6) is 0 Å². The van der Waals surface area contributed by atoms with Crippen LogP contribution in [0.2, 0.25) is 0 Å². The first kappa shape index (κ1) is 30.6. The summed E-state index contributed by atoms with van der Waals surface area (Å²) in [6.07, 6.45) is 24.9. The number of nitrogens with one attached hydrogen (secondary N) is 2. The lowest BCUT2D eigenvalue weighted by molar-refractivity contribution is -0.132. The van der Waals surface area contributed by atoms with Crippen molar-refractivity contribution in [1.82, 2.24) is 10.6 Å². The molecule has 0 aliphatic carbocycles. The Balaban J connectivity index is 3.47. The molecule has 4 N–H and O–H groups in total. The van der Waals surface area contributed by atoms with Gasteiger partial charge in [-0.2, -0.15) is 0 Å². The maximum atomic E-state index is 12.2. The van der Waals surface area contributed by atoms with Crippen LogP contribution in [0, 0.1) is 0 Å². The average Bonchev–Trinajstić information content (AvgIpc) is 2.75. The summed E-state index contributed by atoms with van der Waals surface area (Å²) in [6.45, 7) is 8.06. The number of hydrogen-bond acceptors (Lipinski definition) is 3. The second kappa shape index (κ2) is 21.5. The zero-order chi connectivity index (χ0) is 23.9. The molecular formula is C27H53N3O2. The van der Waals surface area contributed by atoms with Gasteiger partial charge in [-0.15, -0.1) is 6.58 Å². The summed E-state index contributed by atoms with van der Waals surface area (Å²) < 4.78 is 0. The van der Waals surface area contributed by atoms with E-state index in [9.17, 15) is 9.59 Å². The van der Waals surface area contributed by atoms with Crippen LogP contribution in [0.15, 0.2) is 12.7 Å². The van der Waals surface area contributed by atoms with Gasteiger partial charge < -0.3 is 16.4 Å². The van der Waals surface area contributed by atoms with E-state index in [-0.39, 0.29) is 11.8 Å². The van der Waals surface area contributed by atoms with Crippen LogP contribution < -0.4 is 16.4 Å². The van der Waals surface area contributed by atoms with Crippen molar-refractivity contribution in [2.45, 2.75) is 142 Å². The van der Waals surface area contributed by atoms with Crippen molar-refractivity contribution in [3.05, 3.63) is 12.7 Å². The molecule has 0 aliphatic rings. The van der Waals surface area contributed by atoms with Gasteiger partial charge in [0, 0.05) is 13.0 Å². The Morgan fingerprint density at radius 2 is 1.22 bits per heavy atom.